The third kappa shape index (κ3) is 5.87. The quantitative estimate of drug-likeness (QED) is 0.486. The SMILES string of the molecule is C=C(C)C(=C)C=CC(=O)NCCO. The van der Waals surface area contributed by atoms with E-state index >= 15 is 0 Å². The Balaban J connectivity index is 3.90. The highest BCUT2D eigenvalue weighted by molar-refractivity contribution is 5.88. The summed E-state index contributed by atoms with van der Waals surface area (Å²) in [5, 5.41) is 10.9. The molecule has 0 spiro atoms. The van der Waals surface area contributed by atoms with Crippen molar-refractivity contribution in [3.63, 3.8) is 0 Å². The van der Waals surface area contributed by atoms with Crippen LogP contribution in [0.5, 0.6) is 0 Å². The van der Waals surface area contributed by atoms with Crippen molar-refractivity contribution in [3.05, 3.63) is 36.5 Å². The van der Waals surface area contributed by atoms with Crippen LogP contribution in [0.2, 0.25) is 0 Å². The van der Waals surface area contributed by atoms with Crippen LogP contribution >= 0.6 is 0 Å². The molecule has 3 heteroatoms. The van der Waals surface area contributed by atoms with E-state index in [1.165, 1.54) is 6.08 Å². The molecule has 0 aromatic heterocycles. The Kier molecular flexibility index (Phi) is 5.55. The van der Waals surface area contributed by atoms with E-state index < -0.39 is 0 Å². The van der Waals surface area contributed by atoms with Crippen LogP contribution in [0, 0.1) is 0 Å². The van der Waals surface area contributed by atoms with E-state index in [4.69, 9.17) is 5.11 Å². The molecule has 0 aromatic carbocycles. The molecule has 3 nitrogen and oxygen atoms in total. The van der Waals surface area contributed by atoms with Gasteiger partial charge in [-0.2, -0.15) is 0 Å². The molecule has 0 unspecified atom stereocenters. The topological polar surface area (TPSA) is 49.3 Å². The zero-order valence-corrected chi connectivity index (χ0v) is 7.84. The fourth-order valence-corrected chi connectivity index (χ4v) is 0.557. The third-order valence-corrected chi connectivity index (χ3v) is 1.40. The Labute approximate surface area is 78.5 Å². The summed E-state index contributed by atoms with van der Waals surface area (Å²) in [4.78, 5) is 10.9. The van der Waals surface area contributed by atoms with Gasteiger partial charge >= 0.3 is 0 Å². The van der Waals surface area contributed by atoms with Gasteiger partial charge in [0, 0.05) is 12.6 Å². The number of rotatable bonds is 5. The van der Waals surface area contributed by atoms with E-state index in [2.05, 4.69) is 18.5 Å². The zero-order chi connectivity index (χ0) is 10.3. The second-order valence-corrected chi connectivity index (χ2v) is 2.65. The number of carbonyl (C=O) groups excluding carboxylic acids is 1. The largest absolute Gasteiger partial charge is 0.395 e. The normalized spacial score (nSPS) is 10.0. The molecule has 0 heterocycles. The molecule has 0 aliphatic carbocycles. The predicted molar refractivity (Wildman–Crippen MR) is 53.2 cm³/mol. The summed E-state index contributed by atoms with van der Waals surface area (Å²) < 4.78 is 0. The molecular formula is C10H15NO2. The molecule has 0 aliphatic rings. The molecule has 72 valence electrons. The van der Waals surface area contributed by atoms with Crippen LogP contribution in [0.4, 0.5) is 0 Å². The first kappa shape index (κ1) is 11.6. The molecule has 0 bridgehead atoms. The Morgan fingerprint density at radius 3 is 2.54 bits per heavy atom. The number of nitrogens with one attached hydrogen (secondary N) is 1. The first-order chi connectivity index (χ1) is 6.07. The number of allylic oxidation sites excluding steroid dienone is 3. The summed E-state index contributed by atoms with van der Waals surface area (Å²) in [5.41, 5.74) is 1.55. The Bertz CT molecular complexity index is 241. The van der Waals surface area contributed by atoms with Crippen molar-refractivity contribution in [2.24, 2.45) is 0 Å². The van der Waals surface area contributed by atoms with Gasteiger partial charge in [-0.15, -0.1) is 0 Å². The van der Waals surface area contributed by atoms with E-state index in [1.807, 2.05) is 6.92 Å². The summed E-state index contributed by atoms with van der Waals surface area (Å²) in [5.74, 6) is -0.239. The van der Waals surface area contributed by atoms with Crippen molar-refractivity contribution in [3.8, 4) is 0 Å². The van der Waals surface area contributed by atoms with Gasteiger partial charge in [-0.05, 0) is 18.6 Å². The van der Waals surface area contributed by atoms with Crippen molar-refractivity contribution in [2.75, 3.05) is 13.2 Å². The molecule has 1 amide bonds. The molecule has 0 atom stereocenters. The minimum absolute atomic E-state index is 0.0546. The predicted octanol–water partition coefficient (Wildman–Crippen LogP) is 0.783. The van der Waals surface area contributed by atoms with E-state index in [0.29, 0.717) is 0 Å². The third-order valence-electron chi connectivity index (χ3n) is 1.40. The zero-order valence-electron chi connectivity index (χ0n) is 7.84. The van der Waals surface area contributed by atoms with Crippen LogP contribution in [-0.4, -0.2) is 24.2 Å². The number of aliphatic hydroxyl groups excluding tert-OH is 1. The lowest BCUT2D eigenvalue weighted by Gasteiger charge is -1.98. The van der Waals surface area contributed by atoms with Crippen molar-refractivity contribution in [1.29, 1.82) is 0 Å². The molecule has 0 fully saturated rings. The van der Waals surface area contributed by atoms with Crippen LogP contribution in [0.15, 0.2) is 36.5 Å². The van der Waals surface area contributed by atoms with Crippen LogP contribution < -0.4 is 5.32 Å². The number of amides is 1. The molecule has 0 rings (SSSR count). The minimum atomic E-state index is -0.239. The Morgan fingerprint density at radius 1 is 1.46 bits per heavy atom. The maximum Gasteiger partial charge on any atom is 0.244 e. The second-order valence-electron chi connectivity index (χ2n) is 2.65. The smallest absolute Gasteiger partial charge is 0.244 e. The van der Waals surface area contributed by atoms with Crippen LogP contribution in [0.25, 0.3) is 0 Å². The maximum atomic E-state index is 10.9. The maximum absolute atomic E-state index is 10.9. The van der Waals surface area contributed by atoms with Crippen LogP contribution in [0.1, 0.15) is 6.92 Å². The highest BCUT2D eigenvalue weighted by Crippen LogP contribution is 2.03. The van der Waals surface area contributed by atoms with E-state index in [9.17, 15) is 4.79 Å². The average Bonchev–Trinajstić information content (AvgIpc) is 2.10. The van der Waals surface area contributed by atoms with Crippen molar-refractivity contribution in [2.45, 2.75) is 6.92 Å². The average molecular weight is 181 g/mol. The Hall–Kier alpha value is -1.35. The molecule has 0 radical (unpaired) electrons. The summed E-state index contributed by atoms with van der Waals surface area (Å²) in [6, 6.07) is 0. The summed E-state index contributed by atoms with van der Waals surface area (Å²) in [7, 11) is 0. The van der Waals surface area contributed by atoms with Gasteiger partial charge in [0.25, 0.3) is 0 Å². The molecule has 13 heavy (non-hydrogen) atoms. The van der Waals surface area contributed by atoms with Gasteiger partial charge in [0.1, 0.15) is 0 Å². The number of hydrogen-bond donors (Lipinski definition) is 2. The first-order valence-electron chi connectivity index (χ1n) is 3.99. The van der Waals surface area contributed by atoms with Gasteiger partial charge in [0.2, 0.25) is 5.91 Å². The summed E-state index contributed by atoms with van der Waals surface area (Å²) in [6.07, 6.45) is 2.96. The molecule has 0 saturated carbocycles. The van der Waals surface area contributed by atoms with Crippen molar-refractivity contribution in [1.82, 2.24) is 5.32 Å². The molecule has 0 saturated heterocycles. The summed E-state index contributed by atoms with van der Waals surface area (Å²) in [6.45, 7) is 9.39. The highest BCUT2D eigenvalue weighted by atomic mass is 16.3. The molecule has 2 N–H and O–H groups in total. The number of aliphatic hydroxyl groups is 1. The lowest BCUT2D eigenvalue weighted by molar-refractivity contribution is -0.116. The number of carbonyl (C=O) groups is 1. The first-order valence-corrected chi connectivity index (χ1v) is 3.99. The standard InChI is InChI=1S/C10H15NO2/c1-8(2)9(3)4-5-10(13)11-6-7-12/h4-5,12H,1,3,6-7H2,2H3,(H,11,13). The van der Waals surface area contributed by atoms with Crippen molar-refractivity contribution < 1.29 is 9.90 Å². The van der Waals surface area contributed by atoms with E-state index in [0.717, 1.165) is 11.1 Å². The Morgan fingerprint density at radius 2 is 2.08 bits per heavy atom. The minimum Gasteiger partial charge on any atom is -0.395 e. The highest BCUT2D eigenvalue weighted by Gasteiger charge is 1.93. The molecular weight excluding hydrogens is 166 g/mol. The van der Waals surface area contributed by atoms with E-state index in [1.54, 1.807) is 6.08 Å². The van der Waals surface area contributed by atoms with Crippen LogP contribution in [0.3, 0.4) is 0 Å². The van der Waals surface area contributed by atoms with Gasteiger partial charge in [-0.25, -0.2) is 0 Å². The van der Waals surface area contributed by atoms with Gasteiger partial charge in [-0.3, -0.25) is 4.79 Å². The van der Waals surface area contributed by atoms with Gasteiger partial charge in [0.05, 0.1) is 6.61 Å². The fraction of sp³-hybridized carbons (Fsp3) is 0.300. The lowest BCUT2D eigenvalue weighted by atomic mass is 10.1. The monoisotopic (exact) mass is 181 g/mol. The molecule has 0 aromatic rings. The van der Waals surface area contributed by atoms with Gasteiger partial charge in [0.15, 0.2) is 0 Å². The number of hydrogen-bond acceptors (Lipinski definition) is 2. The van der Waals surface area contributed by atoms with Gasteiger partial charge in [-0.1, -0.05) is 18.7 Å². The van der Waals surface area contributed by atoms with Gasteiger partial charge < -0.3 is 10.4 Å². The van der Waals surface area contributed by atoms with Crippen LogP contribution in [-0.2, 0) is 4.79 Å². The fourth-order valence-electron chi connectivity index (χ4n) is 0.557. The van der Waals surface area contributed by atoms with Crippen molar-refractivity contribution >= 4 is 5.91 Å². The molecule has 0 aliphatic heterocycles. The summed E-state index contributed by atoms with van der Waals surface area (Å²) >= 11 is 0. The lowest BCUT2D eigenvalue weighted by Crippen LogP contribution is -2.24. The second kappa shape index (κ2) is 6.20. The van der Waals surface area contributed by atoms with E-state index in [-0.39, 0.29) is 19.1 Å².